The van der Waals surface area contributed by atoms with Crippen molar-refractivity contribution in [3.05, 3.63) is 26.3 Å². The van der Waals surface area contributed by atoms with Crippen LogP contribution in [0.1, 0.15) is 34.3 Å². The lowest BCUT2D eigenvalue weighted by atomic mass is 9.54. The molecule has 4 rings (SSSR count). The molecule has 0 aliphatic heterocycles. The second-order valence-electron chi connectivity index (χ2n) is 8.39. The maximum absolute atomic E-state index is 13.4. The average molecular weight is 541 g/mol. The van der Waals surface area contributed by atoms with Crippen LogP contribution in [0.5, 0.6) is 5.75 Å². The normalized spacial score (nSPS) is 32.4. The Balaban J connectivity index is 1.82. The predicted octanol–water partition coefficient (Wildman–Crippen LogP) is 0.0779. The first-order chi connectivity index (χ1) is 14.5. The van der Waals surface area contributed by atoms with Crippen molar-refractivity contribution in [2.75, 3.05) is 7.11 Å². The smallest absolute Gasteiger partial charge is 0.235 e. The Kier molecular flexibility index (Phi) is 5.30. The van der Waals surface area contributed by atoms with Gasteiger partial charge in [-0.1, -0.05) is 0 Å². The number of hydrogen-bond acceptors (Lipinski definition) is 8. The number of fused-ring (bicyclic) bond motifs is 3. The van der Waals surface area contributed by atoms with E-state index in [4.69, 9.17) is 10.5 Å². The summed E-state index contributed by atoms with van der Waals surface area (Å²) in [4.78, 5) is 63.6. The number of hydrogen-bond donors (Lipinski definition) is 3. The number of phenolic OH excluding ortho intramolecular Hbond substituents is 1. The zero-order valence-corrected chi connectivity index (χ0v) is 18.7. The molecule has 3 aliphatic rings. The van der Waals surface area contributed by atoms with E-state index >= 15 is 0 Å². The molecule has 0 radical (unpaired) electrons. The minimum absolute atomic E-state index is 0.0126. The molecule has 2 fully saturated rings. The Morgan fingerprint density at radius 3 is 2.55 bits per heavy atom. The van der Waals surface area contributed by atoms with Gasteiger partial charge in [-0.25, -0.2) is 0 Å². The van der Waals surface area contributed by atoms with E-state index in [9.17, 15) is 34.2 Å². The SMILES string of the molecule is COCc1cc(I)c2c(c1O)C(=O)C1C(=O)[C@]3(O)C(=O)C(C(N)=O)C(=O)CC3CC1C2. The van der Waals surface area contributed by atoms with E-state index in [0.717, 1.165) is 3.57 Å². The molecule has 2 saturated carbocycles. The van der Waals surface area contributed by atoms with Crippen LogP contribution in [0.3, 0.4) is 0 Å². The monoisotopic (exact) mass is 541 g/mol. The van der Waals surface area contributed by atoms with Crippen molar-refractivity contribution in [3.8, 4) is 5.75 Å². The number of ether oxygens (including phenoxy) is 1. The maximum Gasteiger partial charge on any atom is 0.235 e. The number of carbonyl (C=O) groups is 5. The van der Waals surface area contributed by atoms with Gasteiger partial charge in [0.1, 0.15) is 5.75 Å². The van der Waals surface area contributed by atoms with Crippen LogP contribution in [-0.4, -0.2) is 52.0 Å². The summed E-state index contributed by atoms with van der Waals surface area (Å²) in [6, 6.07) is 1.71. The van der Waals surface area contributed by atoms with Crippen LogP contribution in [0.15, 0.2) is 6.07 Å². The van der Waals surface area contributed by atoms with Crippen molar-refractivity contribution in [2.45, 2.75) is 31.5 Å². The molecule has 31 heavy (non-hydrogen) atoms. The van der Waals surface area contributed by atoms with Crippen molar-refractivity contribution < 1.29 is 38.9 Å². The quantitative estimate of drug-likeness (QED) is 0.358. The van der Waals surface area contributed by atoms with E-state index in [2.05, 4.69) is 0 Å². The Morgan fingerprint density at radius 1 is 1.26 bits per heavy atom. The molecule has 0 bridgehead atoms. The number of aliphatic hydroxyl groups is 1. The summed E-state index contributed by atoms with van der Waals surface area (Å²) in [6.45, 7) is 0.0529. The van der Waals surface area contributed by atoms with Gasteiger partial charge in [-0.15, -0.1) is 0 Å². The second-order valence-corrected chi connectivity index (χ2v) is 9.55. The molecule has 10 heteroatoms. The van der Waals surface area contributed by atoms with Crippen molar-refractivity contribution in [2.24, 2.45) is 29.4 Å². The van der Waals surface area contributed by atoms with Gasteiger partial charge in [-0.2, -0.15) is 0 Å². The number of halogens is 1. The third-order valence-electron chi connectivity index (χ3n) is 6.73. The van der Waals surface area contributed by atoms with Crippen LogP contribution >= 0.6 is 22.6 Å². The molecule has 4 N–H and O–H groups in total. The van der Waals surface area contributed by atoms with Gasteiger partial charge in [-0.3, -0.25) is 24.0 Å². The minimum Gasteiger partial charge on any atom is -0.507 e. The van der Waals surface area contributed by atoms with Gasteiger partial charge in [-0.05, 0) is 53.0 Å². The zero-order valence-electron chi connectivity index (χ0n) is 16.5. The zero-order chi connectivity index (χ0) is 22.8. The molecular formula is C21H20INO8. The fourth-order valence-electron chi connectivity index (χ4n) is 5.31. The molecule has 0 saturated heterocycles. The first-order valence-electron chi connectivity index (χ1n) is 9.73. The average Bonchev–Trinajstić information content (AvgIpc) is 2.68. The predicted molar refractivity (Wildman–Crippen MR) is 112 cm³/mol. The standard InChI is InChI=1S/C21H20INO8/c1-31-6-8-4-11(22)10-3-7-2-9-5-12(24)15(20(23)29)19(28)21(9,30)18(27)13(7)17(26)14(10)16(8)25/h4,7,9,13,15,25,30H,2-3,5-6H2,1H3,(H2,23,29)/t7?,9?,13?,15?,21-/m0/s1. The molecule has 0 aromatic heterocycles. The summed E-state index contributed by atoms with van der Waals surface area (Å²) in [5, 5.41) is 21.8. The highest BCUT2D eigenvalue weighted by Gasteiger charge is 2.66. The highest BCUT2D eigenvalue weighted by Crippen LogP contribution is 2.50. The molecule has 1 aromatic rings. The highest BCUT2D eigenvalue weighted by molar-refractivity contribution is 14.1. The third-order valence-corrected chi connectivity index (χ3v) is 7.69. The van der Waals surface area contributed by atoms with Crippen molar-refractivity contribution in [1.82, 2.24) is 0 Å². The number of nitrogens with two attached hydrogens (primary N) is 1. The van der Waals surface area contributed by atoms with Gasteiger partial charge >= 0.3 is 0 Å². The van der Waals surface area contributed by atoms with E-state index in [-0.39, 0.29) is 37.2 Å². The number of phenols is 1. The molecule has 0 spiro atoms. The molecular weight excluding hydrogens is 521 g/mol. The summed E-state index contributed by atoms with van der Waals surface area (Å²) in [5.74, 6) is -10.0. The number of ketones is 4. The maximum atomic E-state index is 13.4. The Labute approximate surface area is 190 Å². The second kappa shape index (κ2) is 7.45. The molecule has 9 nitrogen and oxygen atoms in total. The molecule has 0 heterocycles. The first kappa shape index (κ1) is 22.0. The molecule has 3 aliphatic carbocycles. The van der Waals surface area contributed by atoms with Gasteiger partial charge < -0.3 is 20.7 Å². The fraction of sp³-hybridized carbons (Fsp3) is 0.476. The van der Waals surface area contributed by atoms with Crippen LogP contribution in [0.2, 0.25) is 0 Å². The summed E-state index contributed by atoms with van der Waals surface area (Å²) >= 11 is 2.05. The summed E-state index contributed by atoms with van der Waals surface area (Å²) in [7, 11) is 1.44. The van der Waals surface area contributed by atoms with E-state index in [1.54, 1.807) is 6.07 Å². The van der Waals surface area contributed by atoms with Gasteiger partial charge in [0.15, 0.2) is 34.7 Å². The Hall–Kier alpha value is -2.18. The lowest BCUT2D eigenvalue weighted by Gasteiger charge is -2.48. The number of primary amides is 1. The number of methoxy groups -OCH3 is 1. The van der Waals surface area contributed by atoms with E-state index in [1.165, 1.54) is 7.11 Å². The summed E-state index contributed by atoms with van der Waals surface area (Å²) in [5.41, 5.74) is 3.49. The summed E-state index contributed by atoms with van der Waals surface area (Å²) < 4.78 is 5.79. The molecule has 1 amide bonds. The number of carbonyl (C=O) groups excluding carboxylic acids is 5. The van der Waals surface area contributed by atoms with Crippen LogP contribution in [0, 0.1) is 27.2 Å². The van der Waals surface area contributed by atoms with Gasteiger partial charge in [0.2, 0.25) is 5.91 Å². The van der Waals surface area contributed by atoms with Gasteiger partial charge in [0.25, 0.3) is 0 Å². The van der Waals surface area contributed by atoms with Gasteiger partial charge in [0.05, 0.1) is 18.1 Å². The molecule has 164 valence electrons. The van der Waals surface area contributed by atoms with E-state index in [1.807, 2.05) is 22.6 Å². The van der Waals surface area contributed by atoms with E-state index in [0.29, 0.717) is 11.1 Å². The fourth-order valence-corrected chi connectivity index (χ4v) is 6.17. The highest BCUT2D eigenvalue weighted by atomic mass is 127. The molecule has 4 unspecified atom stereocenters. The molecule has 1 aromatic carbocycles. The number of Topliss-reactive ketones (excluding diaryl/α,β-unsaturated/α-hetero) is 4. The summed E-state index contributed by atoms with van der Waals surface area (Å²) in [6.07, 6.45) is 0.00344. The lowest BCUT2D eigenvalue weighted by Crippen LogP contribution is -2.68. The van der Waals surface area contributed by atoms with Crippen LogP contribution in [0.4, 0.5) is 0 Å². The minimum atomic E-state index is -2.63. The van der Waals surface area contributed by atoms with Crippen LogP contribution in [-0.2, 0) is 36.9 Å². The number of rotatable bonds is 3. The largest absolute Gasteiger partial charge is 0.507 e. The number of amides is 1. The third kappa shape index (κ3) is 2.99. The molecule has 5 atom stereocenters. The van der Waals surface area contributed by atoms with E-state index < -0.39 is 58.3 Å². The Morgan fingerprint density at radius 2 is 1.94 bits per heavy atom. The van der Waals surface area contributed by atoms with Gasteiger partial charge in [0, 0.05) is 28.6 Å². The topological polar surface area (TPSA) is 161 Å². The van der Waals surface area contributed by atoms with Crippen molar-refractivity contribution in [3.63, 3.8) is 0 Å². The van der Waals surface area contributed by atoms with Crippen LogP contribution in [0.25, 0.3) is 0 Å². The van der Waals surface area contributed by atoms with Crippen molar-refractivity contribution >= 4 is 51.6 Å². The first-order valence-corrected chi connectivity index (χ1v) is 10.8. The Bertz CT molecular complexity index is 1070. The van der Waals surface area contributed by atoms with Crippen molar-refractivity contribution in [1.29, 1.82) is 0 Å². The lowest BCUT2D eigenvalue weighted by molar-refractivity contribution is -0.175. The van der Waals surface area contributed by atoms with Crippen LogP contribution < -0.4 is 5.73 Å². The number of benzene rings is 1. The number of aromatic hydroxyl groups is 1.